The number of hydrogen-bond donors (Lipinski definition) is 0. The standard InChI is InChI=1S/C18H14Cl8O4/c19-9-5-7(11(21)15(25)13(9)23)17(27)29-3-1-2-4-30-18(28)8-6-10(20)14(24)16(26)12(8)22/h7-8H,1-6H2. The molecular formula is C18H14Cl8O4. The van der Waals surface area contributed by atoms with E-state index >= 15 is 0 Å². The Balaban J connectivity index is 1.72. The van der Waals surface area contributed by atoms with Crippen molar-refractivity contribution in [2.45, 2.75) is 25.7 Å². The molecule has 0 aliphatic heterocycles. The van der Waals surface area contributed by atoms with Crippen LogP contribution >= 0.6 is 92.8 Å². The summed E-state index contributed by atoms with van der Waals surface area (Å²) in [7, 11) is 0. The summed E-state index contributed by atoms with van der Waals surface area (Å²) >= 11 is 47.8. The zero-order chi connectivity index (χ0) is 22.6. The summed E-state index contributed by atoms with van der Waals surface area (Å²) in [6.45, 7) is 0.202. The van der Waals surface area contributed by atoms with E-state index in [1.54, 1.807) is 0 Å². The van der Waals surface area contributed by atoms with Gasteiger partial charge in [0.05, 0.1) is 55.2 Å². The van der Waals surface area contributed by atoms with E-state index in [4.69, 9.17) is 102 Å². The number of halogens is 8. The third kappa shape index (κ3) is 6.39. The Kier molecular flexibility index (Phi) is 10.5. The Hall–Kier alpha value is 0.220. The molecule has 0 saturated carbocycles. The molecule has 0 radical (unpaired) electrons. The summed E-state index contributed by atoms with van der Waals surface area (Å²) in [5.41, 5.74) is 0. The second-order valence-corrected chi connectivity index (χ2v) is 9.56. The second kappa shape index (κ2) is 11.9. The van der Waals surface area contributed by atoms with E-state index in [2.05, 4.69) is 0 Å². The molecule has 2 unspecified atom stereocenters. The first-order chi connectivity index (χ1) is 14.1. The van der Waals surface area contributed by atoms with E-state index in [0.29, 0.717) is 12.8 Å². The Morgan fingerprint density at radius 2 is 0.967 bits per heavy atom. The molecule has 0 heterocycles. The quantitative estimate of drug-likeness (QED) is 0.230. The summed E-state index contributed by atoms with van der Waals surface area (Å²) in [5, 5.41) is 0.997. The van der Waals surface area contributed by atoms with E-state index in [0.717, 1.165) is 0 Å². The fraction of sp³-hybridized carbons (Fsp3) is 0.444. The first-order valence-corrected chi connectivity index (χ1v) is 11.6. The van der Waals surface area contributed by atoms with Crippen LogP contribution in [0.25, 0.3) is 0 Å². The van der Waals surface area contributed by atoms with E-state index < -0.39 is 23.8 Å². The van der Waals surface area contributed by atoms with Gasteiger partial charge >= 0.3 is 11.9 Å². The fourth-order valence-corrected chi connectivity index (χ4v) is 4.66. The summed E-state index contributed by atoms with van der Waals surface area (Å²) in [6, 6.07) is 0. The van der Waals surface area contributed by atoms with Crippen LogP contribution in [-0.4, -0.2) is 25.2 Å². The molecule has 2 atom stereocenters. The van der Waals surface area contributed by atoms with Crippen molar-refractivity contribution in [2.24, 2.45) is 11.8 Å². The lowest BCUT2D eigenvalue weighted by atomic mass is 10.00. The fourth-order valence-electron chi connectivity index (χ4n) is 2.60. The lowest BCUT2D eigenvalue weighted by Gasteiger charge is -2.21. The number of hydrogen-bond acceptors (Lipinski definition) is 4. The van der Waals surface area contributed by atoms with Crippen molar-refractivity contribution < 1.29 is 19.1 Å². The molecule has 0 aromatic carbocycles. The van der Waals surface area contributed by atoms with Gasteiger partial charge in [-0.25, -0.2) is 0 Å². The Morgan fingerprint density at radius 1 is 0.633 bits per heavy atom. The average Bonchev–Trinajstić information content (AvgIpc) is 2.72. The van der Waals surface area contributed by atoms with Crippen molar-refractivity contribution in [3.05, 3.63) is 40.3 Å². The van der Waals surface area contributed by atoms with Crippen LogP contribution in [0.3, 0.4) is 0 Å². The summed E-state index contributed by atoms with van der Waals surface area (Å²) in [6.07, 6.45) is 1.13. The number of esters is 2. The molecule has 166 valence electrons. The molecule has 0 N–H and O–H groups in total. The Morgan fingerprint density at radius 3 is 1.30 bits per heavy atom. The maximum Gasteiger partial charge on any atom is 0.314 e. The molecule has 30 heavy (non-hydrogen) atoms. The van der Waals surface area contributed by atoms with E-state index in [1.165, 1.54) is 0 Å². The highest BCUT2D eigenvalue weighted by atomic mass is 35.5. The number of rotatable bonds is 7. The number of carbonyl (C=O) groups is 2. The Labute approximate surface area is 213 Å². The summed E-state index contributed by atoms with van der Waals surface area (Å²) < 4.78 is 10.4. The van der Waals surface area contributed by atoms with Crippen molar-refractivity contribution >= 4 is 105 Å². The van der Waals surface area contributed by atoms with Crippen molar-refractivity contribution in [3.63, 3.8) is 0 Å². The average molecular weight is 578 g/mol. The van der Waals surface area contributed by atoms with Crippen LogP contribution in [0.5, 0.6) is 0 Å². The van der Waals surface area contributed by atoms with Crippen molar-refractivity contribution in [3.8, 4) is 0 Å². The normalized spacial score (nSPS) is 22.7. The Bertz CT molecular complexity index is 788. The molecule has 2 rings (SSSR count). The van der Waals surface area contributed by atoms with Gasteiger partial charge in [-0.3, -0.25) is 9.59 Å². The highest BCUT2D eigenvalue weighted by Crippen LogP contribution is 2.43. The second-order valence-electron chi connectivity index (χ2n) is 6.32. The highest BCUT2D eigenvalue weighted by molar-refractivity contribution is 6.52. The molecule has 0 aromatic rings. The van der Waals surface area contributed by atoms with Crippen molar-refractivity contribution in [2.75, 3.05) is 13.2 Å². The van der Waals surface area contributed by atoms with Gasteiger partial charge in [-0.2, -0.15) is 0 Å². The SMILES string of the molecule is O=C(OCCCCOC(=O)C1CC(Cl)=C(Cl)C(Cl)=C1Cl)C1CC(Cl)=C(Cl)C(Cl)=C1Cl. The predicted molar refractivity (Wildman–Crippen MR) is 122 cm³/mol. The molecule has 0 spiro atoms. The van der Waals surface area contributed by atoms with Crippen molar-refractivity contribution in [1.82, 2.24) is 0 Å². The third-order valence-corrected chi connectivity index (χ3v) is 8.05. The van der Waals surface area contributed by atoms with E-state index in [1.807, 2.05) is 0 Å². The van der Waals surface area contributed by atoms with Gasteiger partial charge in [-0.1, -0.05) is 92.8 Å². The van der Waals surface area contributed by atoms with Crippen LogP contribution in [-0.2, 0) is 19.1 Å². The number of unbranched alkanes of at least 4 members (excludes halogenated alkanes) is 1. The molecule has 4 nitrogen and oxygen atoms in total. The number of ether oxygens (including phenoxy) is 2. The predicted octanol–water partition coefficient (Wildman–Crippen LogP) is 7.65. The molecule has 0 saturated heterocycles. The molecule has 0 amide bonds. The molecule has 12 heteroatoms. The van der Waals surface area contributed by atoms with Gasteiger partial charge in [-0.05, 0) is 12.8 Å². The number of carbonyl (C=O) groups excluding carboxylic acids is 2. The minimum Gasteiger partial charge on any atom is -0.465 e. The molecular weight excluding hydrogens is 564 g/mol. The monoisotopic (exact) mass is 574 g/mol. The zero-order valence-corrected chi connectivity index (χ0v) is 21.1. The molecule has 2 aliphatic carbocycles. The van der Waals surface area contributed by atoms with E-state index in [-0.39, 0.29) is 66.3 Å². The van der Waals surface area contributed by atoms with Gasteiger partial charge in [0.2, 0.25) is 0 Å². The molecule has 0 bridgehead atoms. The van der Waals surface area contributed by atoms with E-state index in [9.17, 15) is 9.59 Å². The van der Waals surface area contributed by atoms with Crippen LogP contribution in [0, 0.1) is 11.8 Å². The summed E-state index contributed by atoms with van der Waals surface area (Å²) in [4.78, 5) is 24.4. The summed E-state index contributed by atoms with van der Waals surface area (Å²) in [5.74, 6) is -2.74. The zero-order valence-electron chi connectivity index (χ0n) is 15.1. The third-order valence-electron chi connectivity index (χ3n) is 4.26. The lowest BCUT2D eigenvalue weighted by Crippen LogP contribution is -2.23. The molecule has 0 aromatic heterocycles. The van der Waals surface area contributed by atoms with Crippen LogP contribution in [0.4, 0.5) is 0 Å². The molecule has 0 fully saturated rings. The van der Waals surface area contributed by atoms with Crippen LogP contribution in [0.1, 0.15) is 25.7 Å². The van der Waals surface area contributed by atoms with Crippen molar-refractivity contribution in [1.29, 1.82) is 0 Å². The van der Waals surface area contributed by atoms with Crippen LogP contribution in [0.2, 0.25) is 0 Å². The topological polar surface area (TPSA) is 52.6 Å². The number of allylic oxidation sites excluding steroid dienone is 6. The minimum atomic E-state index is -0.804. The van der Waals surface area contributed by atoms with Gasteiger partial charge in [-0.15, -0.1) is 0 Å². The van der Waals surface area contributed by atoms with Gasteiger partial charge in [0.1, 0.15) is 0 Å². The maximum atomic E-state index is 12.2. The minimum absolute atomic E-state index is 0.0372. The lowest BCUT2D eigenvalue weighted by molar-refractivity contribution is -0.149. The van der Waals surface area contributed by atoms with Gasteiger partial charge in [0.15, 0.2) is 0 Å². The van der Waals surface area contributed by atoms with Gasteiger partial charge in [0.25, 0.3) is 0 Å². The van der Waals surface area contributed by atoms with Crippen LogP contribution < -0.4 is 0 Å². The van der Waals surface area contributed by atoms with Gasteiger partial charge < -0.3 is 9.47 Å². The van der Waals surface area contributed by atoms with Gasteiger partial charge in [0, 0.05) is 22.9 Å². The highest BCUT2D eigenvalue weighted by Gasteiger charge is 2.33. The maximum absolute atomic E-state index is 12.2. The first-order valence-electron chi connectivity index (χ1n) is 8.58. The smallest absolute Gasteiger partial charge is 0.314 e. The first kappa shape index (κ1) is 26.5. The van der Waals surface area contributed by atoms with Crippen LogP contribution in [0.15, 0.2) is 40.3 Å². The molecule has 2 aliphatic rings. The largest absolute Gasteiger partial charge is 0.465 e.